The van der Waals surface area contributed by atoms with Crippen LogP contribution in [0.2, 0.25) is 5.02 Å². The second kappa shape index (κ2) is 11.7. The first-order valence-electron chi connectivity index (χ1n) is 11.7. The van der Waals surface area contributed by atoms with Crippen molar-refractivity contribution in [2.45, 2.75) is 31.5 Å². The Balaban J connectivity index is 1.65. The average Bonchev–Trinajstić information content (AvgIpc) is 2.90. The van der Waals surface area contributed by atoms with Gasteiger partial charge in [0.15, 0.2) is 16.7 Å². The van der Waals surface area contributed by atoms with E-state index < -0.39 is 0 Å². The number of ether oxygens (including phenoxy) is 2. The van der Waals surface area contributed by atoms with Crippen LogP contribution in [0.15, 0.2) is 70.6 Å². The van der Waals surface area contributed by atoms with E-state index in [9.17, 15) is 9.59 Å². The minimum atomic E-state index is -0.243. The summed E-state index contributed by atoms with van der Waals surface area (Å²) in [4.78, 5) is 31.1. The number of thioether (sulfide) groups is 1. The number of amides is 1. The number of halogens is 1. The third kappa shape index (κ3) is 6.26. The fourth-order valence-corrected chi connectivity index (χ4v) is 4.75. The van der Waals surface area contributed by atoms with Gasteiger partial charge in [-0.3, -0.25) is 14.2 Å². The Morgan fingerprint density at radius 1 is 1.03 bits per heavy atom. The monoisotopic (exact) mass is 537 g/mol. The predicted octanol–water partition coefficient (Wildman–Crippen LogP) is 5.97. The number of fused-ring (bicyclic) bond motifs is 1. The molecule has 9 heteroatoms. The first-order chi connectivity index (χ1) is 17.8. The van der Waals surface area contributed by atoms with Crippen molar-refractivity contribution in [3.8, 4) is 11.5 Å². The molecule has 1 N–H and O–H groups in total. The Labute approximate surface area is 224 Å². The van der Waals surface area contributed by atoms with Crippen LogP contribution in [-0.4, -0.2) is 35.4 Å². The molecule has 0 fully saturated rings. The molecule has 1 aromatic heterocycles. The van der Waals surface area contributed by atoms with Crippen LogP contribution in [-0.2, 0) is 11.3 Å². The van der Waals surface area contributed by atoms with Crippen molar-refractivity contribution >= 4 is 45.9 Å². The van der Waals surface area contributed by atoms with Crippen molar-refractivity contribution in [3.05, 3.63) is 87.2 Å². The van der Waals surface area contributed by atoms with Gasteiger partial charge in [0, 0.05) is 16.8 Å². The molecular weight excluding hydrogens is 510 g/mol. The Kier molecular flexibility index (Phi) is 8.41. The van der Waals surface area contributed by atoms with Gasteiger partial charge in [-0.1, -0.05) is 61.5 Å². The number of hydrogen-bond acceptors (Lipinski definition) is 6. The molecule has 1 heterocycles. The average molecular weight is 538 g/mol. The number of nitrogens with one attached hydrogen (secondary N) is 1. The largest absolute Gasteiger partial charge is 0.493 e. The Morgan fingerprint density at radius 3 is 2.30 bits per heavy atom. The molecule has 0 radical (unpaired) electrons. The molecule has 3 aromatic carbocycles. The van der Waals surface area contributed by atoms with Crippen LogP contribution in [0.1, 0.15) is 30.9 Å². The summed E-state index contributed by atoms with van der Waals surface area (Å²) in [6.45, 7) is 4.51. The van der Waals surface area contributed by atoms with Gasteiger partial charge in [-0.25, -0.2) is 4.98 Å². The number of anilines is 1. The van der Waals surface area contributed by atoms with Crippen LogP contribution in [0.25, 0.3) is 10.9 Å². The number of methoxy groups -OCH3 is 2. The summed E-state index contributed by atoms with van der Waals surface area (Å²) >= 11 is 7.24. The van der Waals surface area contributed by atoms with Crippen molar-refractivity contribution in [1.29, 1.82) is 0 Å². The number of aromatic nitrogens is 2. The lowest BCUT2D eigenvalue weighted by Crippen LogP contribution is -2.25. The summed E-state index contributed by atoms with van der Waals surface area (Å²) in [5.41, 5.74) is 3.02. The van der Waals surface area contributed by atoms with E-state index in [1.807, 2.05) is 36.4 Å². The highest BCUT2D eigenvalue weighted by molar-refractivity contribution is 7.99. The molecule has 0 aliphatic rings. The van der Waals surface area contributed by atoms with E-state index in [1.54, 1.807) is 28.8 Å². The molecule has 7 nitrogen and oxygen atoms in total. The lowest BCUT2D eigenvalue weighted by molar-refractivity contribution is -0.113. The van der Waals surface area contributed by atoms with E-state index >= 15 is 0 Å². The molecule has 0 unspecified atom stereocenters. The number of carbonyl (C=O) groups is 1. The van der Waals surface area contributed by atoms with E-state index in [0.717, 1.165) is 11.3 Å². The minimum Gasteiger partial charge on any atom is -0.493 e. The third-order valence-corrected chi connectivity index (χ3v) is 7.10. The maximum Gasteiger partial charge on any atom is 0.262 e. The Bertz CT molecular complexity index is 1470. The van der Waals surface area contributed by atoms with Gasteiger partial charge in [0.05, 0.1) is 37.4 Å². The number of benzene rings is 3. The van der Waals surface area contributed by atoms with Gasteiger partial charge in [0.1, 0.15) is 0 Å². The lowest BCUT2D eigenvalue weighted by Gasteiger charge is -2.15. The summed E-state index contributed by atoms with van der Waals surface area (Å²) in [5, 5.41) is 4.34. The van der Waals surface area contributed by atoms with Gasteiger partial charge in [0.25, 0.3) is 5.56 Å². The van der Waals surface area contributed by atoms with Crippen LogP contribution in [0, 0.1) is 0 Å². The van der Waals surface area contributed by atoms with Crippen LogP contribution in [0.5, 0.6) is 11.5 Å². The van der Waals surface area contributed by atoms with Gasteiger partial charge in [-0.15, -0.1) is 0 Å². The zero-order valence-electron chi connectivity index (χ0n) is 21.1. The Morgan fingerprint density at radius 2 is 1.68 bits per heavy atom. The molecule has 0 aliphatic heterocycles. The van der Waals surface area contributed by atoms with Gasteiger partial charge < -0.3 is 14.8 Å². The van der Waals surface area contributed by atoms with E-state index in [2.05, 4.69) is 19.2 Å². The summed E-state index contributed by atoms with van der Waals surface area (Å²) in [6, 6.07) is 18.3. The molecule has 192 valence electrons. The predicted molar refractivity (Wildman–Crippen MR) is 150 cm³/mol. The second-order valence-electron chi connectivity index (χ2n) is 8.75. The van der Waals surface area contributed by atoms with E-state index in [4.69, 9.17) is 26.1 Å². The molecular formula is C28H28ClN3O4S. The third-order valence-electron chi connectivity index (χ3n) is 5.87. The number of hydrogen-bond donors (Lipinski definition) is 1. The zero-order chi connectivity index (χ0) is 26.5. The summed E-state index contributed by atoms with van der Waals surface area (Å²) in [7, 11) is 3.04. The molecule has 0 bridgehead atoms. The van der Waals surface area contributed by atoms with Crippen molar-refractivity contribution in [3.63, 3.8) is 0 Å². The number of rotatable bonds is 9. The van der Waals surface area contributed by atoms with Gasteiger partial charge >= 0.3 is 0 Å². The first kappa shape index (κ1) is 26.6. The molecule has 0 saturated carbocycles. The summed E-state index contributed by atoms with van der Waals surface area (Å²) in [5.74, 6) is 1.21. The van der Waals surface area contributed by atoms with E-state index in [1.165, 1.54) is 31.5 Å². The highest BCUT2D eigenvalue weighted by Crippen LogP contribution is 2.31. The number of nitrogens with zero attached hydrogens (tertiary/aromatic N) is 2. The maximum atomic E-state index is 13.6. The zero-order valence-corrected chi connectivity index (χ0v) is 22.7. The van der Waals surface area contributed by atoms with Crippen molar-refractivity contribution in [2.24, 2.45) is 0 Å². The lowest BCUT2D eigenvalue weighted by atomic mass is 10.0. The summed E-state index contributed by atoms with van der Waals surface area (Å²) in [6.07, 6.45) is 0. The highest BCUT2D eigenvalue weighted by atomic mass is 35.5. The van der Waals surface area contributed by atoms with Gasteiger partial charge in [-0.2, -0.15) is 0 Å². The second-order valence-corrected chi connectivity index (χ2v) is 10.1. The molecule has 4 rings (SSSR count). The molecule has 0 aliphatic carbocycles. The minimum absolute atomic E-state index is 0.0811. The topological polar surface area (TPSA) is 82.5 Å². The SMILES string of the molecule is COc1cc2nc(SCC(=O)Nc3ccc(C(C)C)cc3)n(Cc3ccc(Cl)cc3)c(=O)c2cc1OC. The normalized spacial score (nSPS) is 11.1. The fraction of sp³-hybridized carbons (Fsp3) is 0.250. The van der Waals surface area contributed by atoms with Gasteiger partial charge in [-0.05, 0) is 47.4 Å². The quantitative estimate of drug-likeness (QED) is 0.209. The van der Waals surface area contributed by atoms with Crippen LogP contribution in [0.3, 0.4) is 0 Å². The maximum absolute atomic E-state index is 13.6. The molecule has 37 heavy (non-hydrogen) atoms. The first-order valence-corrected chi connectivity index (χ1v) is 13.1. The van der Waals surface area contributed by atoms with Crippen molar-refractivity contribution in [2.75, 3.05) is 25.3 Å². The molecule has 4 aromatic rings. The fourth-order valence-electron chi connectivity index (χ4n) is 3.83. The van der Waals surface area contributed by atoms with E-state index in [0.29, 0.717) is 38.5 Å². The van der Waals surface area contributed by atoms with Crippen LogP contribution in [0.4, 0.5) is 5.69 Å². The van der Waals surface area contributed by atoms with Crippen LogP contribution < -0.4 is 20.3 Å². The molecule has 0 saturated heterocycles. The molecule has 1 amide bonds. The molecule has 0 atom stereocenters. The number of carbonyl (C=O) groups excluding carboxylic acids is 1. The van der Waals surface area contributed by atoms with Crippen molar-refractivity contribution < 1.29 is 14.3 Å². The summed E-state index contributed by atoms with van der Waals surface area (Å²) < 4.78 is 12.3. The van der Waals surface area contributed by atoms with E-state index in [-0.39, 0.29) is 23.8 Å². The standard InChI is InChI=1S/C28H28ClN3O4S/c1-17(2)19-7-11-21(12-8-19)30-26(33)16-37-28-31-23-14-25(36-4)24(35-3)13-22(23)27(34)32(28)15-18-5-9-20(29)10-6-18/h5-14,17H,15-16H2,1-4H3,(H,30,33). The molecule has 0 spiro atoms. The van der Waals surface area contributed by atoms with Gasteiger partial charge in [0.2, 0.25) is 5.91 Å². The smallest absolute Gasteiger partial charge is 0.262 e. The Hall–Kier alpha value is -3.49. The van der Waals surface area contributed by atoms with Crippen LogP contribution >= 0.6 is 23.4 Å². The highest BCUT2D eigenvalue weighted by Gasteiger charge is 2.17. The van der Waals surface area contributed by atoms with Crippen molar-refractivity contribution in [1.82, 2.24) is 9.55 Å².